The number of halogens is 1. The van der Waals surface area contributed by atoms with Gasteiger partial charge in [-0.25, -0.2) is 0 Å². The van der Waals surface area contributed by atoms with Crippen LogP contribution in [-0.2, 0) is 6.42 Å². The van der Waals surface area contributed by atoms with Gasteiger partial charge < -0.3 is 10.2 Å². The Morgan fingerprint density at radius 1 is 1.18 bits per heavy atom. The van der Waals surface area contributed by atoms with Crippen LogP contribution in [0.2, 0.25) is 5.22 Å². The van der Waals surface area contributed by atoms with Gasteiger partial charge in [0.25, 0.3) is 0 Å². The largest absolute Gasteiger partial charge is 0.448 e. The van der Waals surface area contributed by atoms with E-state index in [0.29, 0.717) is 11.0 Å². The van der Waals surface area contributed by atoms with Crippen molar-refractivity contribution < 1.29 is 4.42 Å². The van der Waals surface area contributed by atoms with Crippen LogP contribution in [0.25, 0.3) is 0 Å². The van der Waals surface area contributed by atoms with E-state index in [9.17, 15) is 0 Å². The lowest BCUT2D eigenvalue weighted by Crippen LogP contribution is -2.10. The number of benzene rings is 1. The minimum absolute atomic E-state index is 0.252. The van der Waals surface area contributed by atoms with Crippen LogP contribution in [0.4, 0.5) is 0 Å². The summed E-state index contributed by atoms with van der Waals surface area (Å²) in [4.78, 5) is 0. The summed E-state index contributed by atoms with van der Waals surface area (Å²) in [6.45, 7) is 2.17. The number of furan rings is 1. The van der Waals surface area contributed by atoms with Crippen molar-refractivity contribution in [1.82, 2.24) is 0 Å². The van der Waals surface area contributed by atoms with E-state index in [1.807, 2.05) is 18.2 Å². The Labute approximate surface area is 106 Å². The van der Waals surface area contributed by atoms with E-state index < -0.39 is 0 Å². The topological polar surface area (TPSA) is 39.2 Å². The lowest BCUT2D eigenvalue weighted by atomic mass is 10.0. The lowest BCUT2D eigenvalue weighted by Gasteiger charge is -2.09. The predicted molar refractivity (Wildman–Crippen MR) is 70.2 cm³/mol. The van der Waals surface area contributed by atoms with Crippen molar-refractivity contribution in [2.75, 3.05) is 0 Å². The third-order valence-electron chi connectivity index (χ3n) is 2.78. The van der Waals surface area contributed by atoms with Crippen molar-refractivity contribution in [3.8, 4) is 0 Å². The first-order valence-corrected chi connectivity index (χ1v) is 6.18. The molecule has 2 rings (SSSR count). The molecule has 1 unspecified atom stereocenters. The first-order chi connectivity index (χ1) is 8.20. The van der Waals surface area contributed by atoms with E-state index in [4.69, 9.17) is 21.8 Å². The highest BCUT2D eigenvalue weighted by Crippen LogP contribution is 2.24. The van der Waals surface area contributed by atoms with E-state index >= 15 is 0 Å². The summed E-state index contributed by atoms with van der Waals surface area (Å²) < 4.78 is 5.32. The fourth-order valence-electron chi connectivity index (χ4n) is 1.84. The van der Waals surface area contributed by atoms with Crippen molar-refractivity contribution in [3.63, 3.8) is 0 Å². The van der Waals surface area contributed by atoms with Crippen LogP contribution in [0, 0.1) is 0 Å². The second-order valence-corrected chi connectivity index (χ2v) is 4.48. The maximum absolute atomic E-state index is 6.10. The number of nitrogens with two attached hydrogens (primary N) is 1. The van der Waals surface area contributed by atoms with Gasteiger partial charge >= 0.3 is 0 Å². The second-order valence-electron chi connectivity index (χ2n) is 4.11. The number of hydrogen-bond donors (Lipinski definition) is 1. The van der Waals surface area contributed by atoms with Crippen molar-refractivity contribution in [3.05, 3.63) is 58.5 Å². The van der Waals surface area contributed by atoms with E-state index in [1.165, 1.54) is 5.56 Å². The summed E-state index contributed by atoms with van der Waals surface area (Å²) in [5.41, 5.74) is 8.47. The molecule has 0 bridgehead atoms. The van der Waals surface area contributed by atoms with Gasteiger partial charge in [-0.1, -0.05) is 37.6 Å². The molecule has 1 heterocycles. The number of rotatable bonds is 4. The van der Waals surface area contributed by atoms with Crippen molar-refractivity contribution in [1.29, 1.82) is 0 Å². The maximum atomic E-state index is 6.10. The molecule has 0 fully saturated rings. The second kappa shape index (κ2) is 5.39. The Bertz CT molecular complexity index is 475. The summed E-state index contributed by atoms with van der Waals surface area (Å²) in [6.07, 6.45) is 2.25. The summed E-state index contributed by atoms with van der Waals surface area (Å²) in [7, 11) is 0. The zero-order valence-electron chi connectivity index (χ0n) is 9.82. The minimum atomic E-state index is -0.252. The summed E-state index contributed by atoms with van der Waals surface area (Å²) in [5.74, 6) is 0.693. The van der Waals surface area contributed by atoms with Crippen LogP contribution in [0.3, 0.4) is 0 Å². The molecule has 0 aliphatic heterocycles. The minimum Gasteiger partial charge on any atom is -0.448 e. The Balaban J connectivity index is 2.16. The Morgan fingerprint density at radius 3 is 2.41 bits per heavy atom. The third kappa shape index (κ3) is 2.90. The molecule has 1 aromatic heterocycles. The molecular weight excluding hydrogens is 234 g/mol. The van der Waals surface area contributed by atoms with Crippen molar-refractivity contribution in [2.24, 2.45) is 5.73 Å². The van der Waals surface area contributed by atoms with Crippen LogP contribution in [0.15, 0.2) is 40.8 Å². The van der Waals surface area contributed by atoms with Gasteiger partial charge in [-0.05, 0) is 41.3 Å². The zero-order chi connectivity index (χ0) is 12.3. The van der Waals surface area contributed by atoms with Crippen LogP contribution in [0.5, 0.6) is 0 Å². The first kappa shape index (κ1) is 12.2. The molecule has 0 spiro atoms. The van der Waals surface area contributed by atoms with E-state index in [1.54, 1.807) is 6.07 Å². The van der Waals surface area contributed by atoms with Crippen LogP contribution in [-0.4, -0.2) is 0 Å². The van der Waals surface area contributed by atoms with Gasteiger partial charge in [0.05, 0.1) is 6.04 Å². The molecule has 0 aliphatic carbocycles. The maximum Gasteiger partial charge on any atom is 0.193 e. The highest BCUT2D eigenvalue weighted by Gasteiger charge is 2.12. The van der Waals surface area contributed by atoms with Gasteiger partial charge in [0.1, 0.15) is 5.76 Å². The summed E-state index contributed by atoms with van der Waals surface area (Å²) in [6, 6.07) is 11.6. The Kier molecular flexibility index (Phi) is 3.87. The highest BCUT2D eigenvalue weighted by molar-refractivity contribution is 6.28. The molecule has 3 heteroatoms. The molecule has 0 aliphatic rings. The molecule has 0 saturated carbocycles. The number of hydrogen-bond acceptors (Lipinski definition) is 2. The van der Waals surface area contributed by atoms with Crippen LogP contribution < -0.4 is 5.73 Å². The number of aryl methyl sites for hydroxylation is 1. The summed E-state index contributed by atoms with van der Waals surface area (Å²) >= 11 is 5.74. The monoisotopic (exact) mass is 249 g/mol. The Morgan fingerprint density at radius 2 is 1.88 bits per heavy atom. The standard InChI is InChI=1S/C14H16ClNO/c1-2-3-10-4-6-11(7-5-10)14(16)12-8-9-13(15)17-12/h4-9,14H,2-3,16H2,1H3. The molecule has 0 saturated heterocycles. The molecule has 0 amide bonds. The predicted octanol–water partition coefficient (Wildman–Crippen LogP) is 3.93. The van der Waals surface area contributed by atoms with Gasteiger partial charge in [0, 0.05) is 0 Å². The zero-order valence-corrected chi connectivity index (χ0v) is 10.6. The van der Waals surface area contributed by atoms with Crippen molar-refractivity contribution >= 4 is 11.6 Å². The SMILES string of the molecule is CCCc1ccc(C(N)c2ccc(Cl)o2)cc1. The molecule has 2 aromatic rings. The molecule has 0 radical (unpaired) electrons. The van der Waals surface area contributed by atoms with E-state index in [2.05, 4.69) is 19.1 Å². The first-order valence-electron chi connectivity index (χ1n) is 5.80. The van der Waals surface area contributed by atoms with Gasteiger partial charge in [0.15, 0.2) is 5.22 Å². The average Bonchev–Trinajstić information content (AvgIpc) is 2.76. The molecule has 1 atom stereocenters. The molecule has 2 N–H and O–H groups in total. The fraction of sp³-hybridized carbons (Fsp3) is 0.286. The van der Waals surface area contributed by atoms with E-state index in [-0.39, 0.29) is 6.04 Å². The van der Waals surface area contributed by atoms with E-state index in [0.717, 1.165) is 18.4 Å². The molecular formula is C14H16ClNO. The quantitative estimate of drug-likeness (QED) is 0.892. The average molecular weight is 250 g/mol. The van der Waals surface area contributed by atoms with Gasteiger partial charge in [-0.2, -0.15) is 0 Å². The van der Waals surface area contributed by atoms with Gasteiger partial charge in [-0.3, -0.25) is 0 Å². The smallest absolute Gasteiger partial charge is 0.193 e. The van der Waals surface area contributed by atoms with Gasteiger partial charge in [-0.15, -0.1) is 0 Å². The van der Waals surface area contributed by atoms with Gasteiger partial charge in [0.2, 0.25) is 0 Å². The van der Waals surface area contributed by atoms with Crippen LogP contribution in [0.1, 0.15) is 36.3 Å². The fourth-order valence-corrected chi connectivity index (χ4v) is 1.99. The molecule has 90 valence electrons. The third-order valence-corrected chi connectivity index (χ3v) is 2.98. The highest BCUT2D eigenvalue weighted by atomic mass is 35.5. The van der Waals surface area contributed by atoms with Crippen molar-refractivity contribution in [2.45, 2.75) is 25.8 Å². The molecule has 17 heavy (non-hydrogen) atoms. The normalized spacial score (nSPS) is 12.6. The van der Waals surface area contributed by atoms with Crippen LogP contribution >= 0.6 is 11.6 Å². The molecule has 2 nitrogen and oxygen atoms in total. The molecule has 1 aromatic carbocycles. The summed E-state index contributed by atoms with van der Waals surface area (Å²) in [5, 5.41) is 0.373. The Hall–Kier alpha value is -1.25. The lowest BCUT2D eigenvalue weighted by molar-refractivity contribution is 0.491.